The molecular weight excluding hydrogens is 244 g/mol. The van der Waals surface area contributed by atoms with E-state index in [1.807, 2.05) is 0 Å². The topological polar surface area (TPSA) is 15.3 Å². The molecule has 0 spiro atoms. The highest BCUT2D eigenvalue weighted by Crippen LogP contribution is 2.33. The molecule has 2 nitrogen and oxygen atoms in total. The lowest BCUT2D eigenvalue weighted by Gasteiger charge is -2.50. The van der Waals surface area contributed by atoms with Gasteiger partial charge in [-0.15, -0.1) is 0 Å². The van der Waals surface area contributed by atoms with Crippen LogP contribution in [0.5, 0.6) is 0 Å². The highest BCUT2D eigenvalue weighted by molar-refractivity contribution is 4.99. The third-order valence-corrected chi connectivity index (χ3v) is 5.60. The number of rotatable bonds is 9. The van der Waals surface area contributed by atoms with E-state index in [0.29, 0.717) is 11.6 Å². The van der Waals surface area contributed by atoms with Crippen molar-refractivity contribution in [3.8, 4) is 0 Å². The predicted molar refractivity (Wildman–Crippen MR) is 90.3 cm³/mol. The molecule has 2 atom stereocenters. The summed E-state index contributed by atoms with van der Waals surface area (Å²) in [6, 6.07) is 0.639. The minimum Gasteiger partial charge on any atom is -0.312 e. The van der Waals surface area contributed by atoms with Gasteiger partial charge in [-0.05, 0) is 58.2 Å². The molecule has 1 fully saturated rings. The van der Waals surface area contributed by atoms with Crippen LogP contribution in [-0.2, 0) is 0 Å². The molecule has 0 saturated carbocycles. The molecule has 0 aromatic carbocycles. The van der Waals surface area contributed by atoms with E-state index in [0.717, 1.165) is 12.5 Å². The summed E-state index contributed by atoms with van der Waals surface area (Å²) in [6.45, 7) is 15.7. The lowest BCUT2D eigenvalue weighted by atomic mass is 9.76. The Morgan fingerprint density at radius 2 is 1.60 bits per heavy atom. The fourth-order valence-corrected chi connectivity index (χ4v) is 4.00. The van der Waals surface area contributed by atoms with Crippen molar-refractivity contribution in [2.45, 2.75) is 91.1 Å². The van der Waals surface area contributed by atoms with E-state index in [1.165, 1.54) is 58.0 Å². The molecule has 0 bridgehead atoms. The maximum atomic E-state index is 3.92. The molecule has 1 N–H and O–H groups in total. The maximum Gasteiger partial charge on any atom is 0.0334 e. The van der Waals surface area contributed by atoms with Crippen LogP contribution in [-0.4, -0.2) is 36.1 Å². The van der Waals surface area contributed by atoms with Gasteiger partial charge in [-0.25, -0.2) is 0 Å². The van der Waals surface area contributed by atoms with Crippen molar-refractivity contribution in [1.82, 2.24) is 10.2 Å². The lowest BCUT2D eigenvalue weighted by Crippen LogP contribution is -2.63. The van der Waals surface area contributed by atoms with Gasteiger partial charge in [0.1, 0.15) is 0 Å². The van der Waals surface area contributed by atoms with Crippen LogP contribution in [0.25, 0.3) is 0 Å². The number of piperidine rings is 1. The molecule has 120 valence electrons. The van der Waals surface area contributed by atoms with Crippen LogP contribution < -0.4 is 5.32 Å². The largest absolute Gasteiger partial charge is 0.312 e. The summed E-state index contributed by atoms with van der Waals surface area (Å²) >= 11 is 0. The summed E-state index contributed by atoms with van der Waals surface area (Å²) in [5.74, 6) is 0.799. The van der Waals surface area contributed by atoms with E-state index in [1.54, 1.807) is 0 Å². The molecule has 1 rings (SSSR count). The van der Waals surface area contributed by atoms with Gasteiger partial charge in [-0.1, -0.05) is 47.0 Å². The summed E-state index contributed by atoms with van der Waals surface area (Å²) in [6.07, 6.45) is 9.27. The molecule has 2 unspecified atom stereocenters. The minimum absolute atomic E-state index is 0.326. The van der Waals surface area contributed by atoms with E-state index in [2.05, 4.69) is 44.8 Å². The first-order valence-electron chi connectivity index (χ1n) is 9.12. The van der Waals surface area contributed by atoms with E-state index in [4.69, 9.17) is 0 Å². The first kappa shape index (κ1) is 18.0. The highest BCUT2D eigenvalue weighted by atomic mass is 15.2. The molecule has 0 aliphatic carbocycles. The van der Waals surface area contributed by atoms with Crippen molar-refractivity contribution in [1.29, 1.82) is 0 Å². The molecule has 2 heteroatoms. The highest BCUT2D eigenvalue weighted by Gasteiger charge is 2.41. The van der Waals surface area contributed by atoms with Crippen LogP contribution in [0.4, 0.5) is 0 Å². The zero-order valence-corrected chi connectivity index (χ0v) is 14.7. The SMILES string of the molecule is CCCNC(C(CC)CC)C(C)(CC)N1CCCCC1. The van der Waals surface area contributed by atoms with Crippen LogP contribution in [0.15, 0.2) is 0 Å². The van der Waals surface area contributed by atoms with Gasteiger partial charge in [0.25, 0.3) is 0 Å². The van der Waals surface area contributed by atoms with Crippen LogP contribution in [0.1, 0.15) is 79.6 Å². The Morgan fingerprint density at radius 3 is 2.05 bits per heavy atom. The van der Waals surface area contributed by atoms with Crippen molar-refractivity contribution in [2.75, 3.05) is 19.6 Å². The average molecular weight is 283 g/mol. The van der Waals surface area contributed by atoms with Crippen molar-refractivity contribution < 1.29 is 0 Å². The summed E-state index contributed by atoms with van der Waals surface area (Å²) in [5.41, 5.74) is 0.326. The van der Waals surface area contributed by atoms with Gasteiger partial charge in [-0.3, -0.25) is 4.90 Å². The summed E-state index contributed by atoms with van der Waals surface area (Å²) in [7, 11) is 0. The third-order valence-electron chi connectivity index (χ3n) is 5.60. The second-order valence-electron chi connectivity index (χ2n) is 6.77. The number of nitrogens with zero attached hydrogens (tertiary/aromatic N) is 1. The first-order valence-corrected chi connectivity index (χ1v) is 9.12. The molecular formula is C18H38N2. The third kappa shape index (κ3) is 4.21. The van der Waals surface area contributed by atoms with Crippen molar-refractivity contribution in [2.24, 2.45) is 5.92 Å². The van der Waals surface area contributed by atoms with E-state index < -0.39 is 0 Å². The molecule has 20 heavy (non-hydrogen) atoms. The summed E-state index contributed by atoms with van der Waals surface area (Å²) in [5, 5.41) is 3.92. The fourth-order valence-electron chi connectivity index (χ4n) is 4.00. The predicted octanol–water partition coefficient (Wildman–Crippen LogP) is 4.45. The molecule has 0 radical (unpaired) electrons. The number of hydrogen-bond acceptors (Lipinski definition) is 2. The Bertz CT molecular complexity index is 244. The first-order chi connectivity index (χ1) is 9.63. The quantitative estimate of drug-likeness (QED) is 0.672. The second kappa shape index (κ2) is 9.04. The van der Waals surface area contributed by atoms with Crippen LogP contribution in [0, 0.1) is 5.92 Å². The molecule has 0 aromatic heterocycles. The second-order valence-corrected chi connectivity index (χ2v) is 6.77. The maximum absolute atomic E-state index is 3.92. The molecule has 1 aliphatic heterocycles. The molecule has 1 saturated heterocycles. The minimum atomic E-state index is 0.326. The summed E-state index contributed by atoms with van der Waals surface area (Å²) in [4.78, 5) is 2.79. The van der Waals surface area contributed by atoms with E-state index in [-0.39, 0.29) is 0 Å². The van der Waals surface area contributed by atoms with Gasteiger partial charge in [-0.2, -0.15) is 0 Å². The zero-order valence-electron chi connectivity index (χ0n) is 14.7. The monoisotopic (exact) mass is 282 g/mol. The van der Waals surface area contributed by atoms with Crippen LogP contribution in [0.3, 0.4) is 0 Å². The lowest BCUT2D eigenvalue weighted by molar-refractivity contribution is 0.0212. The van der Waals surface area contributed by atoms with Crippen molar-refractivity contribution >= 4 is 0 Å². The number of likely N-dealkylation sites (tertiary alicyclic amines) is 1. The van der Waals surface area contributed by atoms with Crippen LogP contribution >= 0.6 is 0 Å². The Labute approximate surface area is 127 Å². The van der Waals surface area contributed by atoms with E-state index in [9.17, 15) is 0 Å². The van der Waals surface area contributed by atoms with Gasteiger partial charge < -0.3 is 5.32 Å². The Kier molecular flexibility index (Phi) is 8.13. The molecule has 1 aliphatic rings. The van der Waals surface area contributed by atoms with E-state index >= 15 is 0 Å². The zero-order chi connectivity index (χ0) is 15.0. The summed E-state index contributed by atoms with van der Waals surface area (Å²) < 4.78 is 0. The van der Waals surface area contributed by atoms with Gasteiger partial charge in [0.2, 0.25) is 0 Å². The Hall–Kier alpha value is -0.0800. The fraction of sp³-hybridized carbons (Fsp3) is 1.00. The Morgan fingerprint density at radius 1 is 1.00 bits per heavy atom. The van der Waals surface area contributed by atoms with Gasteiger partial charge in [0.15, 0.2) is 0 Å². The standard InChI is InChI=1S/C18H38N2/c1-6-13-19-17(16(7-2)8-3)18(5,9-4)20-14-11-10-12-15-20/h16-17,19H,6-15H2,1-5H3. The average Bonchev–Trinajstić information content (AvgIpc) is 2.51. The van der Waals surface area contributed by atoms with Crippen molar-refractivity contribution in [3.63, 3.8) is 0 Å². The van der Waals surface area contributed by atoms with Gasteiger partial charge in [0, 0.05) is 11.6 Å². The number of nitrogens with one attached hydrogen (secondary N) is 1. The normalized spacial score (nSPS) is 21.9. The number of hydrogen-bond donors (Lipinski definition) is 1. The smallest absolute Gasteiger partial charge is 0.0334 e. The van der Waals surface area contributed by atoms with Crippen LogP contribution in [0.2, 0.25) is 0 Å². The molecule has 1 heterocycles. The van der Waals surface area contributed by atoms with Gasteiger partial charge >= 0.3 is 0 Å². The molecule has 0 aromatic rings. The van der Waals surface area contributed by atoms with Crippen molar-refractivity contribution in [3.05, 3.63) is 0 Å². The molecule has 0 amide bonds. The Balaban J connectivity index is 2.90. The van der Waals surface area contributed by atoms with Gasteiger partial charge in [0.05, 0.1) is 0 Å².